The van der Waals surface area contributed by atoms with E-state index >= 15 is 0 Å². The summed E-state index contributed by atoms with van der Waals surface area (Å²) in [5.41, 5.74) is 4.73. The first kappa shape index (κ1) is 19.6. The number of carbonyl (C=O) groups is 2. The van der Waals surface area contributed by atoms with Crippen molar-refractivity contribution >= 4 is 11.9 Å². The molecule has 0 aromatic heterocycles. The number of carboxylic acids is 2. The molecular formula is C4H5Cs2NO4. The van der Waals surface area contributed by atoms with Gasteiger partial charge in [0.2, 0.25) is 0 Å². The summed E-state index contributed by atoms with van der Waals surface area (Å²) in [5, 5.41) is 19.3. The summed E-state index contributed by atoms with van der Waals surface area (Å²) in [4.78, 5) is 19.3. The molecule has 0 saturated heterocycles. The molecule has 0 aromatic carbocycles. The van der Waals surface area contributed by atoms with Crippen LogP contribution in [0.25, 0.3) is 0 Å². The van der Waals surface area contributed by atoms with Crippen molar-refractivity contribution in [2.24, 2.45) is 5.73 Å². The predicted molar refractivity (Wildman–Crippen MR) is 22.6 cm³/mol. The molecule has 0 rings (SSSR count). The van der Waals surface area contributed by atoms with E-state index in [1.54, 1.807) is 0 Å². The van der Waals surface area contributed by atoms with Gasteiger partial charge in [0, 0.05) is 18.4 Å². The molecule has 1 unspecified atom stereocenters. The van der Waals surface area contributed by atoms with E-state index < -0.39 is 24.4 Å². The molecule has 0 heterocycles. The molecular weight excluding hydrogens is 392 g/mol. The molecule has 0 saturated carbocycles. The van der Waals surface area contributed by atoms with Crippen LogP contribution in [0.2, 0.25) is 0 Å². The van der Waals surface area contributed by atoms with E-state index in [0.717, 1.165) is 0 Å². The Labute approximate surface area is 182 Å². The summed E-state index contributed by atoms with van der Waals surface area (Å²) in [6, 6.07) is -1.46. The molecule has 0 fully saturated rings. The van der Waals surface area contributed by atoms with Gasteiger partial charge in [-0.25, -0.2) is 0 Å². The third-order valence-electron chi connectivity index (χ3n) is 0.689. The molecule has 0 amide bonds. The fraction of sp³-hybridized carbons (Fsp3) is 0.500. The maximum atomic E-state index is 9.71. The summed E-state index contributed by atoms with van der Waals surface area (Å²) in [6.45, 7) is 0. The average molecular weight is 397 g/mol. The van der Waals surface area contributed by atoms with Gasteiger partial charge in [0.25, 0.3) is 0 Å². The minimum atomic E-state index is -1.58. The van der Waals surface area contributed by atoms with Gasteiger partial charge in [0.1, 0.15) is 0 Å². The second-order valence-corrected chi connectivity index (χ2v) is 1.50. The van der Waals surface area contributed by atoms with Crippen molar-refractivity contribution < 1.29 is 158 Å². The molecule has 0 aliphatic rings. The monoisotopic (exact) mass is 397 g/mol. The molecule has 0 aliphatic heterocycles. The molecule has 0 spiro atoms. The van der Waals surface area contributed by atoms with E-state index in [4.69, 9.17) is 5.73 Å². The Morgan fingerprint density at radius 2 is 1.64 bits per heavy atom. The van der Waals surface area contributed by atoms with Crippen LogP contribution in [0, 0.1) is 0 Å². The number of hydrogen-bond acceptors (Lipinski definition) is 5. The van der Waals surface area contributed by atoms with Gasteiger partial charge in [-0.05, 0) is 0 Å². The summed E-state index contributed by atoms with van der Waals surface area (Å²) in [5.74, 6) is -3.08. The number of nitrogens with two attached hydrogens (primary N) is 1. The van der Waals surface area contributed by atoms with Crippen molar-refractivity contribution in [2.75, 3.05) is 0 Å². The molecule has 52 valence electrons. The number of aliphatic carboxylic acids is 2. The standard InChI is InChI=1S/C4H7NO4.2Cs/c5-2(4(8)9)1-3(6)7;;/h2H,1,5H2,(H,6,7)(H,8,9);;/q;2*+1/p-2. The zero-order valence-electron chi connectivity index (χ0n) is 6.49. The van der Waals surface area contributed by atoms with Gasteiger partial charge in [-0.3, -0.25) is 0 Å². The van der Waals surface area contributed by atoms with Crippen LogP contribution in [0.15, 0.2) is 0 Å². The van der Waals surface area contributed by atoms with Crippen molar-refractivity contribution in [3.8, 4) is 0 Å². The van der Waals surface area contributed by atoms with Gasteiger partial charge in [-0.2, -0.15) is 0 Å². The Balaban J connectivity index is -0.000000320. The first-order valence-electron chi connectivity index (χ1n) is 2.20. The van der Waals surface area contributed by atoms with Crippen LogP contribution in [-0.2, 0) is 9.59 Å². The van der Waals surface area contributed by atoms with E-state index in [1.165, 1.54) is 0 Å². The van der Waals surface area contributed by atoms with Crippen LogP contribution in [0.5, 0.6) is 0 Å². The maximum absolute atomic E-state index is 9.71. The van der Waals surface area contributed by atoms with Crippen molar-refractivity contribution in [1.82, 2.24) is 0 Å². The van der Waals surface area contributed by atoms with Crippen LogP contribution in [0.4, 0.5) is 0 Å². The third kappa shape index (κ3) is 13.0. The van der Waals surface area contributed by atoms with Crippen LogP contribution >= 0.6 is 0 Å². The summed E-state index contributed by atoms with van der Waals surface area (Å²) < 4.78 is 0. The summed E-state index contributed by atoms with van der Waals surface area (Å²) in [7, 11) is 0. The topological polar surface area (TPSA) is 106 Å². The van der Waals surface area contributed by atoms with Crippen LogP contribution in [0.1, 0.15) is 6.42 Å². The van der Waals surface area contributed by atoms with E-state index in [2.05, 4.69) is 0 Å². The van der Waals surface area contributed by atoms with Crippen LogP contribution in [0.3, 0.4) is 0 Å². The van der Waals surface area contributed by atoms with Crippen LogP contribution in [-0.4, -0.2) is 18.0 Å². The van der Waals surface area contributed by atoms with Crippen molar-refractivity contribution in [3.05, 3.63) is 0 Å². The second kappa shape index (κ2) is 11.1. The van der Waals surface area contributed by atoms with Gasteiger partial charge in [0.15, 0.2) is 0 Å². The number of hydrogen-bond donors (Lipinski definition) is 1. The molecule has 0 radical (unpaired) electrons. The van der Waals surface area contributed by atoms with Crippen molar-refractivity contribution in [2.45, 2.75) is 12.5 Å². The molecule has 7 heteroatoms. The normalized spacial score (nSPS) is 10.3. The Kier molecular flexibility index (Phi) is 19.7. The smallest absolute Gasteiger partial charge is 0.550 e. The Hall–Kier alpha value is 3.00. The fourth-order valence-corrected chi connectivity index (χ4v) is 0.263. The molecule has 0 aliphatic carbocycles. The molecule has 11 heavy (non-hydrogen) atoms. The Morgan fingerprint density at radius 3 is 1.73 bits per heavy atom. The Bertz CT molecular complexity index is 140. The average Bonchev–Trinajstić information content (AvgIpc) is 1.63. The number of carboxylic acid groups (broad SMARTS) is 2. The minimum Gasteiger partial charge on any atom is -0.550 e. The van der Waals surface area contributed by atoms with Crippen LogP contribution < -0.4 is 154 Å². The zero-order chi connectivity index (χ0) is 7.44. The van der Waals surface area contributed by atoms with Gasteiger partial charge < -0.3 is 25.5 Å². The second-order valence-electron chi connectivity index (χ2n) is 1.50. The van der Waals surface area contributed by atoms with E-state index in [1.807, 2.05) is 0 Å². The van der Waals surface area contributed by atoms with Crippen molar-refractivity contribution in [3.63, 3.8) is 0 Å². The van der Waals surface area contributed by atoms with E-state index in [-0.39, 0.29) is 138 Å². The first-order chi connectivity index (χ1) is 4.04. The largest absolute Gasteiger partial charge is 1.00 e. The molecule has 5 nitrogen and oxygen atoms in total. The fourth-order valence-electron chi connectivity index (χ4n) is 0.263. The van der Waals surface area contributed by atoms with Gasteiger partial charge in [-0.15, -0.1) is 0 Å². The summed E-state index contributed by atoms with van der Waals surface area (Å²) in [6.07, 6.45) is -0.706. The van der Waals surface area contributed by atoms with E-state index in [9.17, 15) is 19.8 Å². The number of rotatable bonds is 3. The first-order valence-corrected chi connectivity index (χ1v) is 2.20. The SMILES string of the molecule is NC(CC(=O)[O-])C(=O)[O-].[Cs+].[Cs+]. The quantitative estimate of drug-likeness (QED) is 0.510. The molecule has 0 aromatic rings. The predicted octanol–water partition coefficient (Wildman–Crippen LogP) is -9.79. The van der Waals surface area contributed by atoms with Gasteiger partial charge >= 0.3 is 138 Å². The summed E-state index contributed by atoms with van der Waals surface area (Å²) >= 11 is 0. The molecule has 2 N–H and O–H groups in total. The molecule has 1 atom stereocenters. The number of carbonyl (C=O) groups excluding carboxylic acids is 2. The molecule has 0 bridgehead atoms. The van der Waals surface area contributed by atoms with E-state index in [0.29, 0.717) is 0 Å². The van der Waals surface area contributed by atoms with Gasteiger partial charge in [0.05, 0.1) is 5.97 Å². The van der Waals surface area contributed by atoms with Gasteiger partial charge in [-0.1, -0.05) is 0 Å². The maximum Gasteiger partial charge on any atom is 1.00 e. The zero-order valence-corrected chi connectivity index (χ0v) is 19.1. The minimum absolute atomic E-state index is 0. The third-order valence-corrected chi connectivity index (χ3v) is 0.689. The Morgan fingerprint density at radius 1 is 1.27 bits per heavy atom. The van der Waals surface area contributed by atoms with Crippen molar-refractivity contribution in [1.29, 1.82) is 0 Å².